The Labute approximate surface area is 231 Å². The van der Waals surface area contributed by atoms with Crippen LogP contribution < -0.4 is 0 Å². The van der Waals surface area contributed by atoms with Gasteiger partial charge in [-0.15, -0.1) is 0 Å². The van der Waals surface area contributed by atoms with E-state index in [0.29, 0.717) is 17.0 Å². The molecule has 0 radical (unpaired) electrons. The van der Waals surface area contributed by atoms with E-state index in [9.17, 15) is 0 Å². The Balaban J connectivity index is 2.11. The molecule has 1 N–H and O–H groups in total. The largest absolute Gasteiger partial charge is 0.497 e. The average molecular weight is 570 g/mol. The summed E-state index contributed by atoms with van der Waals surface area (Å²) in [5, 5.41) is -0.827. The SMILES string of the molecule is COC1=C(c2ccc[nH]2)C(C)(S(C)(F)(F)(c2ccccn2)c2ccccn2)C(C)(OC)C(OC)=C1c1ccco1. The Bertz CT molecular complexity index is 1550. The molecule has 10 heteroatoms. The van der Waals surface area contributed by atoms with Crippen LogP contribution in [0.1, 0.15) is 25.3 Å². The van der Waals surface area contributed by atoms with E-state index >= 15 is 7.77 Å². The van der Waals surface area contributed by atoms with Crippen molar-refractivity contribution in [3.63, 3.8) is 0 Å². The lowest BCUT2D eigenvalue weighted by atomic mass is 9.73. The Morgan fingerprint density at radius 2 is 1.50 bits per heavy atom. The number of halogens is 2. The van der Waals surface area contributed by atoms with Crippen LogP contribution in [-0.4, -0.2) is 52.9 Å². The van der Waals surface area contributed by atoms with Gasteiger partial charge in [0.1, 0.15) is 43.3 Å². The van der Waals surface area contributed by atoms with Gasteiger partial charge in [0.25, 0.3) is 0 Å². The summed E-state index contributed by atoms with van der Waals surface area (Å²) in [6, 6.07) is 16.0. The molecule has 4 aromatic rings. The van der Waals surface area contributed by atoms with Crippen molar-refractivity contribution in [3.8, 4) is 0 Å². The van der Waals surface area contributed by atoms with Crippen molar-refractivity contribution in [3.05, 3.63) is 108 Å². The minimum absolute atomic E-state index is 0.119. The van der Waals surface area contributed by atoms with Gasteiger partial charge in [-0.25, -0.2) is 9.97 Å². The minimum atomic E-state index is -7.00. The first-order valence-corrected chi connectivity index (χ1v) is 15.3. The molecule has 40 heavy (non-hydrogen) atoms. The summed E-state index contributed by atoms with van der Waals surface area (Å²) in [7, 11) is -2.73. The van der Waals surface area contributed by atoms with E-state index in [1.807, 2.05) is 0 Å². The van der Waals surface area contributed by atoms with Crippen LogP contribution in [0.4, 0.5) is 7.77 Å². The van der Waals surface area contributed by atoms with E-state index < -0.39 is 29.5 Å². The van der Waals surface area contributed by atoms with Gasteiger partial charge in [-0.3, -0.25) is 0 Å². The first-order valence-electron chi connectivity index (χ1n) is 12.6. The number of rotatable bonds is 8. The molecule has 0 bridgehead atoms. The van der Waals surface area contributed by atoms with Crippen molar-refractivity contribution in [1.82, 2.24) is 15.0 Å². The van der Waals surface area contributed by atoms with Gasteiger partial charge in [-0.1, -0.05) is 12.1 Å². The highest BCUT2D eigenvalue weighted by molar-refractivity contribution is 8.58. The molecule has 0 saturated carbocycles. The zero-order valence-electron chi connectivity index (χ0n) is 23.3. The van der Waals surface area contributed by atoms with E-state index in [-0.39, 0.29) is 17.1 Å². The van der Waals surface area contributed by atoms with Gasteiger partial charge in [0.05, 0.1) is 20.5 Å². The summed E-state index contributed by atoms with van der Waals surface area (Å²) in [6.07, 6.45) is 6.91. The van der Waals surface area contributed by atoms with Crippen LogP contribution in [-0.2, 0) is 14.2 Å². The molecule has 2 atom stereocenters. The molecule has 7 nitrogen and oxygen atoms in total. The average Bonchev–Trinajstić information content (AvgIpc) is 3.70. The first-order chi connectivity index (χ1) is 19.0. The van der Waals surface area contributed by atoms with Crippen molar-refractivity contribution in [2.24, 2.45) is 0 Å². The summed E-state index contributed by atoms with van der Waals surface area (Å²) in [5.41, 5.74) is -0.873. The zero-order chi connectivity index (χ0) is 28.9. The molecule has 5 rings (SSSR count). The summed E-state index contributed by atoms with van der Waals surface area (Å²) in [6.45, 7) is 3.10. The van der Waals surface area contributed by atoms with E-state index in [2.05, 4.69) is 15.0 Å². The second-order valence-electron chi connectivity index (χ2n) is 10.2. The van der Waals surface area contributed by atoms with Crippen LogP contribution in [0.15, 0.2) is 112 Å². The van der Waals surface area contributed by atoms with E-state index in [0.717, 1.165) is 6.26 Å². The molecular weight excluding hydrogens is 536 g/mol. The third-order valence-electron chi connectivity index (χ3n) is 8.51. The standard InChI is InChI=1S/C30H33F2N3O4S/c1-29(38-5)28(37-4)25(22-14-12-20-39-22)27(36-3)26(21-13-11-19-33-21)30(29,2)40(6,31,32,23-15-7-9-17-34-23)24-16-8-10-18-35-24/h7-20,33H,1-6H3. The lowest BCUT2D eigenvalue weighted by molar-refractivity contribution is -0.0241. The van der Waals surface area contributed by atoms with Crippen LogP contribution in [0, 0.1) is 0 Å². The highest BCUT2D eigenvalue weighted by atomic mass is 32.4. The number of methoxy groups -OCH3 is 3. The molecule has 4 aromatic heterocycles. The molecular formula is C30H33F2N3O4S. The van der Waals surface area contributed by atoms with Crippen molar-refractivity contribution in [2.75, 3.05) is 27.6 Å². The second-order valence-corrected chi connectivity index (χ2v) is 15.4. The smallest absolute Gasteiger partial charge is 0.144 e. The number of aromatic amines is 1. The fraction of sp³-hybridized carbons (Fsp3) is 0.267. The van der Waals surface area contributed by atoms with Crippen LogP contribution in [0.2, 0.25) is 0 Å². The number of furan rings is 1. The molecule has 1 aliphatic carbocycles. The molecule has 0 spiro atoms. The molecule has 0 aromatic carbocycles. The molecule has 0 saturated heterocycles. The lowest BCUT2D eigenvalue weighted by Crippen LogP contribution is -2.65. The quantitative estimate of drug-likeness (QED) is 0.238. The minimum Gasteiger partial charge on any atom is -0.497 e. The number of ether oxygens (including phenoxy) is 3. The normalized spacial score (nSPS) is 23.5. The van der Waals surface area contributed by atoms with Crippen molar-refractivity contribution >= 4 is 20.2 Å². The Morgan fingerprint density at radius 1 is 0.850 bits per heavy atom. The highest BCUT2D eigenvalue weighted by Crippen LogP contribution is 3.07. The summed E-state index contributed by atoms with van der Waals surface area (Å²) in [5.74, 6) is 0.648. The number of H-pyrrole nitrogens is 1. The number of allylic oxidation sites excluding steroid dienone is 1. The van der Waals surface area contributed by atoms with Crippen LogP contribution in [0.25, 0.3) is 11.1 Å². The number of aromatic nitrogens is 3. The van der Waals surface area contributed by atoms with Gasteiger partial charge in [0.15, 0.2) is 0 Å². The van der Waals surface area contributed by atoms with Crippen LogP contribution in [0.3, 0.4) is 0 Å². The molecule has 0 aliphatic heterocycles. The molecule has 0 fully saturated rings. The summed E-state index contributed by atoms with van der Waals surface area (Å²) < 4.78 is 60.9. The third-order valence-corrected chi connectivity index (χ3v) is 14.1. The topological polar surface area (TPSA) is 82.4 Å². The molecule has 2 unspecified atom stereocenters. The number of hydrogen-bond acceptors (Lipinski definition) is 6. The maximum atomic E-state index is 19.6. The molecule has 1 aliphatic rings. The second kappa shape index (κ2) is 8.81. The monoisotopic (exact) mass is 569 g/mol. The van der Waals surface area contributed by atoms with Crippen LogP contribution in [0.5, 0.6) is 0 Å². The van der Waals surface area contributed by atoms with Crippen molar-refractivity contribution in [1.29, 1.82) is 0 Å². The van der Waals surface area contributed by atoms with Gasteiger partial charge < -0.3 is 23.6 Å². The van der Waals surface area contributed by atoms with Crippen molar-refractivity contribution < 1.29 is 26.4 Å². The summed E-state index contributed by atoms with van der Waals surface area (Å²) in [4.78, 5) is 11.8. The first kappa shape index (κ1) is 27.7. The zero-order valence-corrected chi connectivity index (χ0v) is 24.1. The van der Waals surface area contributed by atoms with E-state index in [1.165, 1.54) is 59.0 Å². The summed E-state index contributed by atoms with van der Waals surface area (Å²) >= 11 is 0. The number of hydrogen-bond donors (Lipinski definition) is 1. The Kier molecular flexibility index (Phi) is 6.09. The van der Waals surface area contributed by atoms with Gasteiger partial charge in [0, 0.05) is 52.3 Å². The Morgan fingerprint density at radius 3 is 1.93 bits per heavy atom. The predicted octanol–water partition coefficient (Wildman–Crippen LogP) is 7.38. The predicted molar refractivity (Wildman–Crippen MR) is 152 cm³/mol. The maximum absolute atomic E-state index is 19.6. The Hall–Kier alpha value is -3.89. The number of pyridine rings is 2. The number of nitrogens with one attached hydrogen (secondary N) is 1. The fourth-order valence-electron chi connectivity index (χ4n) is 6.14. The maximum Gasteiger partial charge on any atom is 0.144 e. The van der Waals surface area contributed by atoms with Gasteiger partial charge >= 0.3 is 0 Å². The molecule has 4 heterocycles. The fourth-order valence-corrected chi connectivity index (χ4v) is 10.8. The van der Waals surface area contributed by atoms with Gasteiger partial charge in [-0.05, 0) is 62.4 Å². The van der Waals surface area contributed by atoms with E-state index in [1.54, 1.807) is 61.7 Å². The highest BCUT2D eigenvalue weighted by Gasteiger charge is 2.83. The van der Waals surface area contributed by atoms with E-state index in [4.69, 9.17) is 18.6 Å². The van der Waals surface area contributed by atoms with Crippen LogP contribution >= 0.6 is 9.07 Å². The molecule has 0 amide bonds. The molecule has 212 valence electrons. The van der Waals surface area contributed by atoms with Gasteiger partial charge in [-0.2, -0.15) is 7.77 Å². The van der Waals surface area contributed by atoms with Crippen molar-refractivity contribution in [2.45, 2.75) is 34.2 Å². The van der Waals surface area contributed by atoms with Gasteiger partial charge in [0.2, 0.25) is 0 Å². The third kappa shape index (κ3) is 3.14. The lowest BCUT2D eigenvalue weighted by Gasteiger charge is -2.74. The number of nitrogens with zero attached hydrogens (tertiary/aromatic N) is 2.